The number of fused-ring (bicyclic) bond motifs is 1. The van der Waals surface area contributed by atoms with Crippen molar-refractivity contribution >= 4 is 16.8 Å². The summed E-state index contributed by atoms with van der Waals surface area (Å²) in [7, 11) is 3.92. The predicted octanol–water partition coefficient (Wildman–Crippen LogP) is 3.18. The Hall–Kier alpha value is -2.80. The van der Waals surface area contributed by atoms with Gasteiger partial charge in [-0.3, -0.25) is 9.89 Å². The highest BCUT2D eigenvalue weighted by Gasteiger charge is 2.34. The third-order valence-electron chi connectivity index (χ3n) is 5.51. The van der Waals surface area contributed by atoms with Crippen LogP contribution in [-0.4, -0.2) is 64.6 Å². The Bertz CT molecular complexity index is 1020. The van der Waals surface area contributed by atoms with Gasteiger partial charge in [0.05, 0.1) is 23.0 Å². The Labute approximate surface area is 163 Å². The molecule has 1 amide bonds. The van der Waals surface area contributed by atoms with Crippen LogP contribution in [-0.2, 0) is 0 Å². The molecular weight excluding hydrogens is 357 g/mol. The van der Waals surface area contributed by atoms with Crippen molar-refractivity contribution in [2.24, 2.45) is 5.41 Å². The Morgan fingerprint density at radius 1 is 1.39 bits per heavy atom. The molecule has 0 bridgehead atoms. The number of nitrogens with zero attached hydrogens (tertiary/aromatic N) is 4. The van der Waals surface area contributed by atoms with E-state index in [1.54, 1.807) is 29.4 Å². The van der Waals surface area contributed by atoms with Crippen LogP contribution in [0.15, 0.2) is 36.7 Å². The normalized spacial score (nSPS) is 20.0. The zero-order chi connectivity index (χ0) is 19.9. The molecule has 1 atom stereocenters. The van der Waals surface area contributed by atoms with Gasteiger partial charge in [-0.2, -0.15) is 5.10 Å². The van der Waals surface area contributed by atoms with Gasteiger partial charge >= 0.3 is 0 Å². The monoisotopic (exact) mass is 381 g/mol. The van der Waals surface area contributed by atoms with E-state index in [0.717, 1.165) is 25.1 Å². The number of H-pyrrole nitrogens is 1. The van der Waals surface area contributed by atoms with E-state index in [-0.39, 0.29) is 17.1 Å². The maximum Gasteiger partial charge on any atom is 0.254 e. The summed E-state index contributed by atoms with van der Waals surface area (Å²) in [4.78, 5) is 22.0. The maximum atomic E-state index is 13.9. The van der Waals surface area contributed by atoms with Crippen LogP contribution in [0.5, 0.6) is 0 Å². The van der Waals surface area contributed by atoms with Crippen molar-refractivity contribution in [1.29, 1.82) is 0 Å². The molecule has 28 heavy (non-hydrogen) atoms. The SMILES string of the molecule is CN1CCC(C)(CN(C)C(=O)c2cc(-c3cn[nH]c3)nc3ccc(F)cc23)C1. The fourth-order valence-electron chi connectivity index (χ4n) is 4.16. The second-order valence-electron chi connectivity index (χ2n) is 8.16. The number of hydrogen-bond acceptors (Lipinski definition) is 4. The molecule has 7 heteroatoms. The topological polar surface area (TPSA) is 65.1 Å². The van der Waals surface area contributed by atoms with Crippen molar-refractivity contribution in [1.82, 2.24) is 25.0 Å². The van der Waals surface area contributed by atoms with E-state index >= 15 is 0 Å². The van der Waals surface area contributed by atoms with E-state index < -0.39 is 0 Å². The van der Waals surface area contributed by atoms with Crippen LogP contribution in [0.2, 0.25) is 0 Å². The quantitative estimate of drug-likeness (QED) is 0.754. The van der Waals surface area contributed by atoms with E-state index in [0.29, 0.717) is 28.7 Å². The number of rotatable bonds is 4. The lowest BCUT2D eigenvalue weighted by Gasteiger charge is -2.30. The molecule has 0 spiro atoms. The molecule has 1 aliphatic rings. The highest BCUT2D eigenvalue weighted by molar-refractivity contribution is 6.07. The lowest BCUT2D eigenvalue weighted by molar-refractivity contribution is 0.0732. The molecule has 1 aliphatic heterocycles. The number of benzene rings is 1. The Balaban J connectivity index is 1.73. The van der Waals surface area contributed by atoms with Gasteiger partial charge in [0, 0.05) is 37.3 Å². The number of halogens is 1. The number of nitrogens with one attached hydrogen (secondary N) is 1. The molecule has 4 rings (SSSR count). The predicted molar refractivity (Wildman–Crippen MR) is 106 cm³/mol. The first-order valence-electron chi connectivity index (χ1n) is 9.38. The van der Waals surface area contributed by atoms with Crippen molar-refractivity contribution in [3.8, 4) is 11.3 Å². The van der Waals surface area contributed by atoms with Crippen LogP contribution in [0.4, 0.5) is 4.39 Å². The van der Waals surface area contributed by atoms with Gasteiger partial charge in [0.25, 0.3) is 5.91 Å². The second kappa shape index (κ2) is 6.98. The smallest absolute Gasteiger partial charge is 0.254 e. The van der Waals surface area contributed by atoms with Gasteiger partial charge in [0.2, 0.25) is 0 Å². The van der Waals surface area contributed by atoms with Crippen LogP contribution in [0.25, 0.3) is 22.2 Å². The number of hydrogen-bond donors (Lipinski definition) is 1. The summed E-state index contributed by atoms with van der Waals surface area (Å²) >= 11 is 0. The van der Waals surface area contributed by atoms with Gasteiger partial charge < -0.3 is 9.80 Å². The van der Waals surface area contributed by atoms with Crippen molar-refractivity contribution in [2.45, 2.75) is 13.3 Å². The average molecular weight is 381 g/mol. The number of likely N-dealkylation sites (tertiary alicyclic amines) is 1. The zero-order valence-corrected chi connectivity index (χ0v) is 16.4. The summed E-state index contributed by atoms with van der Waals surface area (Å²) in [5.41, 5.74) is 2.52. The Kier molecular flexibility index (Phi) is 4.63. The summed E-state index contributed by atoms with van der Waals surface area (Å²) in [6.07, 6.45) is 4.43. The fraction of sp³-hybridized carbons (Fsp3) is 0.381. The van der Waals surface area contributed by atoms with Gasteiger partial charge in [-0.25, -0.2) is 9.37 Å². The number of carbonyl (C=O) groups is 1. The zero-order valence-electron chi connectivity index (χ0n) is 16.4. The van der Waals surface area contributed by atoms with E-state index in [1.165, 1.54) is 12.1 Å². The standard InChI is InChI=1S/C21H24FN5O/c1-21(6-7-26(2)12-21)13-27(3)20(28)17-9-19(14-10-23-24-11-14)25-18-5-4-15(22)8-16(17)18/h4-5,8-11H,6-7,12-13H2,1-3H3,(H,23,24). The van der Waals surface area contributed by atoms with E-state index in [4.69, 9.17) is 0 Å². The summed E-state index contributed by atoms with van der Waals surface area (Å²) in [6, 6.07) is 6.09. The minimum atomic E-state index is -0.383. The molecule has 2 aromatic heterocycles. The van der Waals surface area contributed by atoms with Crippen LogP contribution in [0.1, 0.15) is 23.7 Å². The Morgan fingerprint density at radius 2 is 2.21 bits per heavy atom. The van der Waals surface area contributed by atoms with E-state index in [1.807, 2.05) is 7.05 Å². The molecule has 1 saturated heterocycles. The Morgan fingerprint density at radius 3 is 2.89 bits per heavy atom. The van der Waals surface area contributed by atoms with E-state index in [9.17, 15) is 9.18 Å². The summed E-state index contributed by atoms with van der Waals surface area (Å²) in [5, 5.41) is 7.25. The minimum Gasteiger partial charge on any atom is -0.341 e. The summed E-state index contributed by atoms with van der Waals surface area (Å²) < 4.78 is 13.9. The highest BCUT2D eigenvalue weighted by Crippen LogP contribution is 2.31. The number of amides is 1. The summed E-state index contributed by atoms with van der Waals surface area (Å²) in [5.74, 6) is -0.509. The summed E-state index contributed by atoms with van der Waals surface area (Å²) in [6.45, 7) is 4.85. The molecule has 0 saturated carbocycles. The van der Waals surface area contributed by atoms with Gasteiger partial charge in [0.15, 0.2) is 0 Å². The molecule has 1 unspecified atom stereocenters. The number of pyridine rings is 1. The maximum absolute atomic E-state index is 13.9. The molecule has 6 nitrogen and oxygen atoms in total. The lowest BCUT2D eigenvalue weighted by atomic mass is 9.89. The first-order valence-corrected chi connectivity index (χ1v) is 9.38. The van der Waals surface area contributed by atoms with Crippen molar-refractivity contribution in [3.05, 3.63) is 48.0 Å². The van der Waals surface area contributed by atoms with Crippen LogP contribution in [0.3, 0.4) is 0 Å². The highest BCUT2D eigenvalue weighted by atomic mass is 19.1. The molecular formula is C21H24FN5O. The van der Waals surface area contributed by atoms with Crippen molar-refractivity contribution in [3.63, 3.8) is 0 Å². The van der Waals surface area contributed by atoms with E-state index in [2.05, 4.69) is 34.1 Å². The minimum absolute atomic E-state index is 0.0562. The van der Waals surface area contributed by atoms with Crippen LogP contribution >= 0.6 is 0 Å². The van der Waals surface area contributed by atoms with Gasteiger partial charge in [-0.05, 0) is 49.7 Å². The molecule has 3 aromatic rings. The van der Waals surface area contributed by atoms with Crippen LogP contribution < -0.4 is 0 Å². The lowest BCUT2D eigenvalue weighted by Crippen LogP contribution is -2.38. The molecule has 0 radical (unpaired) electrons. The largest absolute Gasteiger partial charge is 0.341 e. The number of aromatic amines is 1. The third kappa shape index (κ3) is 3.49. The van der Waals surface area contributed by atoms with Crippen molar-refractivity contribution in [2.75, 3.05) is 33.7 Å². The number of aromatic nitrogens is 3. The average Bonchev–Trinajstić information content (AvgIpc) is 3.30. The molecule has 1 fully saturated rings. The molecule has 3 heterocycles. The number of carbonyl (C=O) groups excluding carboxylic acids is 1. The fourth-order valence-corrected chi connectivity index (χ4v) is 4.16. The second-order valence-corrected chi connectivity index (χ2v) is 8.16. The molecule has 1 aromatic carbocycles. The van der Waals surface area contributed by atoms with Crippen LogP contribution in [0, 0.1) is 11.2 Å². The van der Waals surface area contributed by atoms with Gasteiger partial charge in [0.1, 0.15) is 5.82 Å². The first kappa shape index (κ1) is 18.6. The third-order valence-corrected chi connectivity index (χ3v) is 5.51. The van der Waals surface area contributed by atoms with Crippen molar-refractivity contribution < 1.29 is 9.18 Å². The van der Waals surface area contributed by atoms with Gasteiger partial charge in [-0.1, -0.05) is 6.92 Å². The molecule has 146 valence electrons. The molecule has 0 aliphatic carbocycles. The van der Waals surface area contributed by atoms with Gasteiger partial charge in [-0.15, -0.1) is 0 Å². The molecule has 1 N–H and O–H groups in total. The first-order chi connectivity index (χ1) is 13.3.